The van der Waals surface area contributed by atoms with Crippen LogP contribution in [-0.4, -0.2) is 54.2 Å². The minimum absolute atomic E-state index is 0.193. The molecule has 1 saturated carbocycles. The van der Waals surface area contributed by atoms with E-state index in [4.69, 9.17) is 9.47 Å². The molecule has 1 aliphatic carbocycles. The number of rotatable bonds is 14. The molecule has 0 radical (unpaired) electrons. The zero-order chi connectivity index (χ0) is 29.8. The summed E-state index contributed by atoms with van der Waals surface area (Å²) in [6.45, 7) is 7.14. The third kappa shape index (κ3) is 11.6. The van der Waals surface area contributed by atoms with Gasteiger partial charge in [-0.15, -0.1) is 0 Å². The number of amides is 3. The molecule has 9 nitrogen and oxygen atoms in total. The van der Waals surface area contributed by atoms with Gasteiger partial charge in [-0.3, -0.25) is 9.59 Å². The van der Waals surface area contributed by atoms with Gasteiger partial charge >= 0.3 is 12.1 Å². The highest BCUT2D eigenvalue weighted by Gasteiger charge is 2.32. The molecule has 0 bridgehead atoms. The highest BCUT2D eigenvalue weighted by molar-refractivity contribution is 5.93. The van der Waals surface area contributed by atoms with Gasteiger partial charge in [0, 0.05) is 12.8 Å². The summed E-state index contributed by atoms with van der Waals surface area (Å²) >= 11 is 0. The highest BCUT2D eigenvalue weighted by Crippen LogP contribution is 2.34. The second-order valence-corrected chi connectivity index (χ2v) is 11.5. The van der Waals surface area contributed by atoms with Crippen LogP contribution in [0.5, 0.6) is 0 Å². The van der Waals surface area contributed by atoms with Crippen LogP contribution in [0, 0.1) is 5.92 Å². The molecule has 1 aliphatic rings. The van der Waals surface area contributed by atoms with Gasteiger partial charge in [0.1, 0.15) is 23.7 Å². The van der Waals surface area contributed by atoms with Crippen LogP contribution in [-0.2, 0) is 36.7 Å². The van der Waals surface area contributed by atoms with Gasteiger partial charge in [0.15, 0.2) is 0 Å². The molecule has 0 aliphatic heterocycles. The second kappa shape index (κ2) is 15.2. The lowest BCUT2D eigenvalue weighted by molar-refractivity contribution is -0.148. The average Bonchev–Trinajstić information content (AvgIpc) is 3.75. The molecule has 3 unspecified atom stereocenters. The van der Waals surface area contributed by atoms with Crippen molar-refractivity contribution >= 4 is 23.9 Å². The zero-order valence-corrected chi connectivity index (χ0v) is 24.5. The number of nitrogens with one attached hydrogen (secondary N) is 3. The summed E-state index contributed by atoms with van der Waals surface area (Å²) in [7, 11) is 0. The Morgan fingerprint density at radius 3 is 1.73 bits per heavy atom. The van der Waals surface area contributed by atoms with Crippen LogP contribution in [0.1, 0.15) is 64.5 Å². The summed E-state index contributed by atoms with van der Waals surface area (Å²) in [4.78, 5) is 52.6. The van der Waals surface area contributed by atoms with Crippen LogP contribution >= 0.6 is 0 Å². The summed E-state index contributed by atoms with van der Waals surface area (Å²) in [6, 6.07) is 15.8. The SMILES string of the molecule is CCOC(=O)C(CCC1CC1)NC(=O)C(Cc1ccccc1)NC(=O)C(Cc1ccccc1)NC(=O)OC(C)(C)C. The first-order valence-corrected chi connectivity index (χ1v) is 14.4. The van der Waals surface area contributed by atoms with Crippen LogP contribution < -0.4 is 16.0 Å². The molecule has 0 saturated heterocycles. The number of benzene rings is 2. The number of hydrogen-bond donors (Lipinski definition) is 3. The van der Waals surface area contributed by atoms with E-state index >= 15 is 0 Å². The van der Waals surface area contributed by atoms with E-state index in [2.05, 4.69) is 16.0 Å². The number of esters is 1. The van der Waals surface area contributed by atoms with Crippen molar-refractivity contribution in [2.75, 3.05) is 6.61 Å². The largest absolute Gasteiger partial charge is 0.464 e. The van der Waals surface area contributed by atoms with Gasteiger partial charge in [-0.05, 0) is 57.6 Å². The molecular weight excluding hydrogens is 522 g/mol. The summed E-state index contributed by atoms with van der Waals surface area (Å²) in [6.07, 6.45) is 3.20. The van der Waals surface area contributed by atoms with E-state index in [0.717, 1.165) is 30.4 Å². The lowest BCUT2D eigenvalue weighted by Crippen LogP contribution is -2.57. The van der Waals surface area contributed by atoms with Crippen molar-refractivity contribution < 1.29 is 28.7 Å². The summed E-state index contributed by atoms with van der Waals surface area (Å²) in [5, 5.41) is 8.33. The van der Waals surface area contributed by atoms with Crippen molar-refractivity contribution in [3.8, 4) is 0 Å². The van der Waals surface area contributed by atoms with Crippen molar-refractivity contribution in [1.29, 1.82) is 0 Å². The zero-order valence-electron chi connectivity index (χ0n) is 24.5. The van der Waals surface area contributed by atoms with Gasteiger partial charge in [0.05, 0.1) is 6.61 Å². The molecule has 0 heterocycles. The molecular formula is C32H43N3O6. The lowest BCUT2D eigenvalue weighted by atomic mass is 10.0. The average molecular weight is 566 g/mol. The molecule has 3 atom stereocenters. The Balaban J connectivity index is 1.80. The van der Waals surface area contributed by atoms with E-state index in [0.29, 0.717) is 12.3 Å². The standard InChI is InChI=1S/C32H43N3O6/c1-5-40-30(38)25(19-18-22-16-17-22)33-28(36)26(20-23-12-8-6-9-13-23)34-29(37)27(21-24-14-10-7-11-15-24)35-31(39)41-32(2,3)4/h6-15,22,25-27H,5,16-21H2,1-4H3,(H,33,36)(H,34,37)(H,35,39). The molecule has 0 spiro atoms. The number of hydrogen-bond acceptors (Lipinski definition) is 6. The molecule has 2 aromatic rings. The Kier molecular flexibility index (Phi) is 11.7. The Morgan fingerprint density at radius 2 is 1.27 bits per heavy atom. The molecule has 41 heavy (non-hydrogen) atoms. The maximum atomic E-state index is 13.6. The van der Waals surface area contributed by atoms with Crippen molar-refractivity contribution in [3.63, 3.8) is 0 Å². The van der Waals surface area contributed by atoms with Crippen LogP contribution in [0.15, 0.2) is 60.7 Å². The molecule has 2 aromatic carbocycles. The molecule has 1 fully saturated rings. The normalized spacial score (nSPS) is 15.1. The number of ether oxygens (including phenoxy) is 2. The quantitative estimate of drug-likeness (QED) is 0.297. The molecule has 3 N–H and O–H groups in total. The fourth-order valence-corrected chi connectivity index (χ4v) is 4.41. The fourth-order valence-electron chi connectivity index (χ4n) is 4.41. The predicted molar refractivity (Wildman–Crippen MR) is 156 cm³/mol. The van der Waals surface area contributed by atoms with Crippen molar-refractivity contribution in [1.82, 2.24) is 16.0 Å². The first-order valence-electron chi connectivity index (χ1n) is 14.4. The predicted octanol–water partition coefficient (Wildman–Crippen LogP) is 4.09. The lowest BCUT2D eigenvalue weighted by Gasteiger charge is -2.26. The van der Waals surface area contributed by atoms with Gasteiger partial charge in [0.25, 0.3) is 0 Å². The van der Waals surface area contributed by atoms with E-state index in [1.165, 1.54) is 0 Å². The second-order valence-electron chi connectivity index (χ2n) is 11.5. The van der Waals surface area contributed by atoms with E-state index in [-0.39, 0.29) is 19.4 Å². The topological polar surface area (TPSA) is 123 Å². The Hall–Kier alpha value is -3.88. The van der Waals surface area contributed by atoms with E-state index in [9.17, 15) is 19.2 Å². The van der Waals surface area contributed by atoms with Crippen molar-refractivity contribution in [3.05, 3.63) is 71.8 Å². The Labute approximate surface area is 242 Å². The number of alkyl carbamates (subject to hydrolysis) is 1. The summed E-state index contributed by atoms with van der Waals surface area (Å²) in [5.74, 6) is -0.950. The minimum atomic E-state index is -1.01. The molecule has 0 aromatic heterocycles. The first kappa shape index (κ1) is 31.6. The van der Waals surface area contributed by atoms with Crippen molar-refractivity contribution in [2.45, 2.75) is 89.9 Å². The third-order valence-corrected chi connectivity index (χ3v) is 6.65. The number of carbonyl (C=O) groups excluding carboxylic acids is 4. The maximum absolute atomic E-state index is 13.6. The Morgan fingerprint density at radius 1 is 0.780 bits per heavy atom. The fraction of sp³-hybridized carbons (Fsp3) is 0.500. The Bertz CT molecular complexity index is 1150. The first-order chi connectivity index (χ1) is 19.5. The van der Waals surface area contributed by atoms with Gasteiger partial charge in [-0.25, -0.2) is 9.59 Å². The molecule has 3 amide bonds. The summed E-state index contributed by atoms with van der Waals surface area (Å²) < 4.78 is 10.6. The smallest absolute Gasteiger partial charge is 0.408 e. The van der Waals surface area contributed by atoms with Crippen molar-refractivity contribution in [2.24, 2.45) is 5.92 Å². The van der Waals surface area contributed by atoms with E-state index < -0.39 is 47.6 Å². The molecule has 9 heteroatoms. The van der Waals surface area contributed by atoms with Crippen LogP contribution in [0.25, 0.3) is 0 Å². The summed E-state index contributed by atoms with van der Waals surface area (Å²) in [5.41, 5.74) is 0.907. The molecule has 222 valence electrons. The monoisotopic (exact) mass is 565 g/mol. The van der Waals surface area contributed by atoms with Gasteiger partial charge in [-0.2, -0.15) is 0 Å². The highest BCUT2D eigenvalue weighted by atomic mass is 16.6. The third-order valence-electron chi connectivity index (χ3n) is 6.65. The molecule has 3 rings (SSSR count). The van der Waals surface area contributed by atoms with E-state index in [1.54, 1.807) is 27.7 Å². The van der Waals surface area contributed by atoms with Crippen LogP contribution in [0.2, 0.25) is 0 Å². The maximum Gasteiger partial charge on any atom is 0.408 e. The van der Waals surface area contributed by atoms with Crippen LogP contribution in [0.4, 0.5) is 4.79 Å². The van der Waals surface area contributed by atoms with E-state index in [1.807, 2.05) is 60.7 Å². The minimum Gasteiger partial charge on any atom is -0.464 e. The number of carbonyl (C=O) groups is 4. The van der Waals surface area contributed by atoms with Gasteiger partial charge in [-0.1, -0.05) is 73.5 Å². The van der Waals surface area contributed by atoms with Gasteiger partial charge < -0.3 is 25.4 Å². The van der Waals surface area contributed by atoms with Crippen LogP contribution in [0.3, 0.4) is 0 Å². The van der Waals surface area contributed by atoms with Gasteiger partial charge in [0.2, 0.25) is 11.8 Å².